The Morgan fingerprint density at radius 2 is 1.83 bits per heavy atom. The number of benzene rings is 1. The minimum atomic E-state index is -0.492. The highest BCUT2D eigenvalue weighted by Gasteiger charge is 2.26. The van der Waals surface area contributed by atoms with E-state index in [-0.39, 0.29) is 16.0 Å². The van der Waals surface area contributed by atoms with E-state index in [2.05, 4.69) is 25.8 Å². The van der Waals surface area contributed by atoms with Gasteiger partial charge in [-0.1, -0.05) is 33.6 Å². The summed E-state index contributed by atoms with van der Waals surface area (Å²) < 4.78 is 5.80. The summed E-state index contributed by atoms with van der Waals surface area (Å²) in [5.74, 6) is 0.305. The fraction of sp³-hybridized carbons (Fsp3) is 0.579. The van der Waals surface area contributed by atoms with Gasteiger partial charge in [0.15, 0.2) is 5.75 Å². The third kappa shape index (κ3) is 4.08. The predicted octanol–water partition coefficient (Wildman–Crippen LogP) is 5.72. The topological polar surface area (TPSA) is 68.2 Å². The first-order chi connectivity index (χ1) is 11.0. The van der Waals surface area contributed by atoms with Crippen LogP contribution in [0.2, 0.25) is 0 Å². The van der Waals surface area contributed by atoms with E-state index in [9.17, 15) is 10.1 Å². The van der Waals surface area contributed by atoms with Gasteiger partial charge in [0.1, 0.15) is 5.60 Å². The highest BCUT2D eigenvalue weighted by molar-refractivity contribution is 5.85. The Balaban J connectivity index is 2.50. The Bertz CT molecular complexity index is 739. The summed E-state index contributed by atoms with van der Waals surface area (Å²) in [7, 11) is 0. The maximum absolute atomic E-state index is 11.4. The van der Waals surface area contributed by atoms with Crippen LogP contribution in [0, 0.1) is 10.1 Å². The summed E-state index contributed by atoms with van der Waals surface area (Å²) in [6.07, 6.45) is 3.38. The molecule has 2 aromatic rings. The Morgan fingerprint density at radius 3 is 2.38 bits per heavy atom. The number of aromatic amines is 1. The number of nitrogens with zero attached hydrogens (tertiary/aromatic N) is 1. The molecule has 132 valence electrons. The van der Waals surface area contributed by atoms with Gasteiger partial charge < -0.3 is 9.72 Å². The Kier molecular flexibility index (Phi) is 4.92. The third-order valence-electron chi connectivity index (χ3n) is 4.20. The van der Waals surface area contributed by atoms with Gasteiger partial charge >= 0.3 is 5.69 Å². The molecular formula is C19H28N2O3. The SMILES string of the molecule is CCCCC(C)(C)c1cc2cc([N+](=O)[O-])c(OC(C)(C)C)cc2[nH]1. The van der Waals surface area contributed by atoms with Gasteiger partial charge in [0.05, 0.1) is 4.92 Å². The van der Waals surface area contributed by atoms with E-state index < -0.39 is 5.60 Å². The first-order valence-corrected chi connectivity index (χ1v) is 8.54. The van der Waals surface area contributed by atoms with Crippen LogP contribution in [0.15, 0.2) is 18.2 Å². The summed E-state index contributed by atoms with van der Waals surface area (Å²) in [6.45, 7) is 12.2. The summed E-state index contributed by atoms with van der Waals surface area (Å²) in [4.78, 5) is 14.5. The van der Waals surface area contributed by atoms with Crippen LogP contribution in [-0.4, -0.2) is 15.5 Å². The molecule has 24 heavy (non-hydrogen) atoms. The zero-order valence-corrected chi connectivity index (χ0v) is 15.5. The molecule has 1 aromatic carbocycles. The first kappa shape index (κ1) is 18.3. The van der Waals surface area contributed by atoms with E-state index in [0.717, 1.165) is 35.9 Å². The van der Waals surface area contributed by atoms with Crippen molar-refractivity contribution in [2.45, 2.75) is 71.8 Å². The molecule has 1 aromatic heterocycles. The average Bonchev–Trinajstić information content (AvgIpc) is 2.86. The predicted molar refractivity (Wildman–Crippen MR) is 97.9 cm³/mol. The summed E-state index contributed by atoms with van der Waals surface area (Å²) in [5.41, 5.74) is 1.50. The molecule has 0 aliphatic carbocycles. The number of nitrogens with one attached hydrogen (secondary N) is 1. The molecule has 5 heteroatoms. The van der Waals surface area contributed by atoms with E-state index in [4.69, 9.17) is 4.74 Å². The molecule has 0 atom stereocenters. The number of ether oxygens (including phenoxy) is 1. The largest absolute Gasteiger partial charge is 0.481 e. The lowest BCUT2D eigenvalue weighted by molar-refractivity contribution is -0.386. The molecule has 0 saturated heterocycles. The van der Waals surface area contributed by atoms with Crippen LogP contribution in [0.3, 0.4) is 0 Å². The lowest BCUT2D eigenvalue weighted by Crippen LogP contribution is -2.23. The Morgan fingerprint density at radius 1 is 1.17 bits per heavy atom. The highest BCUT2D eigenvalue weighted by atomic mass is 16.6. The van der Waals surface area contributed by atoms with Crippen LogP contribution in [0.4, 0.5) is 5.69 Å². The molecule has 5 nitrogen and oxygen atoms in total. The van der Waals surface area contributed by atoms with Gasteiger partial charge in [-0.2, -0.15) is 0 Å². The van der Waals surface area contributed by atoms with Crippen molar-refractivity contribution in [2.75, 3.05) is 0 Å². The minimum Gasteiger partial charge on any atom is -0.481 e. The summed E-state index contributed by atoms with van der Waals surface area (Å²) >= 11 is 0. The van der Waals surface area contributed by atoms with E-state index in [1.165, 1.54) is 0 Å². The van der Waals surface area contributed by atoms with Gasteiger partial charge in [0, 0.05) is 34.1 Å². The first-order valence-electron chi connectivity index (χ1n) is 8.54. The molecule has 0 unspecified atom stereocenters. The quantitative estimate of drug-likeness (QED) is 0.543. The lowest BCUT2D eigenvalue weighted by Gasteiger charge is -2.23. The molecule has 0 radical (unpaired) electrons. The second kappa shape index (κ2) is 6.46. The number of nitro benzene ring substituents is 1. The second-order valence-corrected chi connectivity index (χ2v) is 8.05. The van der Waals surface area contributed by atoms with Crippen molar-refractivity contribution in [1.29, 1.82) is 0 Å². The third-order valence-corrected chi connectivity index (χ3v) is 4.20. The maximum atomic E-state index is 11.4. The number of fused-ring (bicyclic) bond motifs is 1. The van der Waals surface area contributed by atoms with Crippen molar-refractivity contribution in [1.82, 2.24) is 4.98 Å². The number of unbranched alkanes of at least 4 members (excludes halogenated alkanes) is 1. The van der Waals surface area contributed by atoms with E-state index >= 15 is 0 Å². The summed E-state index contributed by atoms with van der Waals surface area (Å²) in [6, 6.07) is 5.38. The number of hydrogen-bond acceptors (Lipinski definition) is 3. The molecule has 0 bridgehead atoms. The van der Waals surface area contributed by atoms with Crippen LogP contribution < -0.4 is 4.74 Å². The number of H-pyrrole nitrogens is 1. The number of nitro groups is 1. The molecule has 0 aliphatic rings. The molecule has 0 saturated carbocycles. The molecule has 0 aliphatic heterocycles. The van der Waals surface area contributed by atoms with Gasteiger partial charge in [-0.25, -0.2) is 0 Å². The number of rotatable bonds is 6. The fourth-order valence-electron chi connectivity index (χ4n) is 2.82. The van der Waals surface area contributed by atoms with Crippen LogP contribution >= 0.6 is 0 Å². The summed E-state index contributed by atoms with van der Waals surface area (Å²) in [5, 5.41) is 12.3. The molecular weight excluding hydrogens is 304 g/mol. The van der Waals surface area contributed by atoms with Gasteiger partial charge in [0.25, 0.3) is 0 Å². The highest BCUT2D eigenvalue weighted by Crippen LogP contribution is 2.37. The molecule has 1 N–H and O–H groups in total. The molecule has 1 heterocycles. The molecule has 0 fully saturated rings. The minimum absolute atomic E-state index is 0.00865. The fourth-order valence-corrected chi connectivity index (χ4v) is 2.82. The molecule has 0 amide bonds. The standard InChI is InChI=1S/C19H28N2O3/c1-7-8-9-19(5,6)17-11-13-10-15(21(22)23)16(12-14(13)20-17)24-18(2,3)4/h10-12,20H,7-9H2,1-6H3. The Hall–Kier alpha value is -2.04. The average molecular weight is 332 g/mol. The van der Waals surface area contributed by atoms with Crippen LogP contribution in [0.25, 0.3) is 10.9 Å². The van der Waals surface area contributed by atoms with Crippen molar-refractivity contribution in [2.24, 2.45) is 0 Å². The monoisotopic (exact) mass is 332 g/mol. The smallest absolute Gasteiger partial charge is 0.311 e. The second-order valence-electron chi connectivity index (χ2n) is 8.05. The van der Waals surface area contributed by atoms with Gasteiger partial charge in [-0.3, -0.25) is 10.1 Å². The van der Waals surface area contributed by atoms with Crippen LogP contribution in [-0.2, 0) is 5.41 Å². The number of hydrogen-bond donors (Lipinski definition) is 1. The number of aromatic nitrogens is 1. The maximum Gasteiger partial charge on any atom is 0.311 e. The van der Waals surface area contributed by atoms with Crippen molar-refractivity contribution >= 4 is 16.6 Å². The molecule has 2 rings (SSSR count). The van der Waals surface area contributed by atoms with Crippen molar-refractivity contribution in [3.05, 3.63) is 34.0 Å². The zero-order chi connectivity index (χ0) is 18.1. The zero-order valence-electron chi connectivity index (χ0n) is 15.5. The van der Waals surface area contributed by atoms with Crippen LogP contribution in [0.1, 0.15) is 66.5 Å². The van der Waals surface area contributed by atoms with Gasteiger partial charge in [-0.05, 0) is 33.3 Å². The van der Waals surface area contributed by atoms with Gasteiger partial charge in [0.2, 0.25) is 0 Å². The van der Waals surface area contributed by atoms with Crippen molar-refractivity contribution < 1.29 is 9.66 Å². The van der Waals surface area contributed by atoms with E-state index in [1.807, 2.05) is 26.8 Å². The van der Waals surface area contributed by atoms with Crippen LogP contribution in [0.5, 0.6) is 5.75 Å². The van der Waals surface area contributed by atoms with Crippen molar-refractivity contribution in [3.8, 4) is 5.75 Å². The Labute approximate surface area is 143 Å². The van der Waals surface area contributed by atoms with E-state index in [1.54, 1.807) is 12.1 Å². The van der Waals surface area contributed by atoms with E-state index in [0.29, 0.717) is 5.75 Å². The normalized spacial score (nSPS) is 12.6. The lowest BCUT2D eigenvalue weighted by atomic mass is 9.84. The molecule has 0 spiro atoms. The van der Waals surface area contributed by atoms with Gasteiger partial charge in [-0.15, -0.1) is 0 Å². The van der Waals surface area contributed by atoms with Crippen molar-refractivity contribution in [3.63, 3.8) is 0 Å².